The molecule has 2 aliphatic rings. The van der Waals surface area contributed by atoms with Crippen molar-refractivity contribution in [3.8, 4) is 11.5 Å². The third-order valence-corrected chi connectivity index (χ3v) is 4.38. The zero-order valence-electron chi connectivity index (χ0n) is 13.8. The summed E-state index contributed by atoms with van der Waals surface area (Å²) in [6.07, 6.45) is 1.74. The van der Waals surface area contributed by atoms with Gasteiger partial charge in [-0.15, -0.1) is 0 Å². The predicted molar refractivity (Wildman–Crippen MR) is 96.7 cm³/mol. The monoisotopic (exact) mass is 319 g/mol. The average Bonchev–Trinajstić information content (AvgIpc) is 2.62. The molecule has 2 N–H and O–H groups in total. The molecule has 1 aliphatic heterocycles. The number of nitrogen functional groups attached to an aromatic ring is 1. The van der Waals surface area contributed by atoms with Crippen molar-refractivity contribution in [3.05, 3.63) is 48.0 Å². The molecule has 5 nitrogen and oxygen atoms in total. The van der Waals surface area contributed by atoms with Gasteiger partial charge in [-0.25, -0.2) is 9.56 Å². The molecule has 0 amide bonds. The number of anilines is 1. The number of benzene rings is 2. The Morgan fingerprint density at radius 1 is 1.08 bits per heavy atom. The lowest BCUT2D eigenvalue weighted by atomic mass is 10.1. The first-order valence-corrected chi connectivity index (χ1v) is 8.17. The third-order valence-electron chi connectivity index (χ3n) is 4.38. The molecule has 0 bridgehead atoms. The van der Waals surface area contributed by atoms with Gasteiger partial charge in [0.2, 0.25) is 5.36 Å². The predicted octanol–water partition coefficient (Wildman–Crippen LogP) is 2.88. The number of hydrogen-bond donors (Lipinski definition) is 1. The average molecular weight is 319 g/mol. The topological polar surface area (TPSA) is 68.0 Å². The molecular weight excluding hydrogens is 300 g/mol. The minimum Gasteiger partial charge on any atom is -0.452 e. The smallest absolute Gasteiger partial charge is 0.203 e. The molecule has 1 aromatic heterocycles. The standard InChI is InChI=1S/C19H18N4O/c1-3-23(4-2)12-7-8-15-16(10-12)24-17-11-14(20)18-13(19(17)22-15)6-5-9-21-18/h5-11,20H,3-4H2,1-2H3/p+1. The maximum atomic E-state index is 6.13. The van der Waals surface area contributed by atoms with E-state index in [1.807, 2.05) is 24.3 Å². The molecule has 1 aromatic carbocycles. The van der Waals surface area contributed by atoms with Crippen LogP contribution in [-0.4, -0.2) is 23.1 Å². The summed E-state index contributed by atoms with van der Waals surface area (Å²) in [6, 6.07) is 11.8. The van der Waals surface area contributed by atoms with Crippen LogP contribution in [0.3, 0.4) is 0 Å². The van der Waals surface area contributed by atoms with Crippen molar-refractivity contribution in [1.82, 2.24) is 14.5 Å². The second-order valence-electron chi connectivity index (χ2n) is 5.75. The lowest BCUT2D eigenvalue weighted by molar-refractivity contribution is 0.600. The highest BCUT2D eigenvalue weighted by atomic mass is 16.3. The largest absolute Gasteiger partial charge is 0.452 e. The number of pyridine rings is 1. The van der Waals surface area contributed by atoms with E-state index in [0.717, 1.165) is 46.3 Å². The van der Waals surface area contributed by atoms with E-state index in [4.69, 9.17) is 15.1 Å². The summed E-state index contributed by atoms with van der Waals surface area (Å²) in [6.45, 7) is 6.19. The first-order valence-electron chi connectivity index (χ1n) is 8.17. The van der Waals surface area contributed by atoms with Gasteiger partial charge in [0, 0.05) is 23.7 Å². The van der Waals surface area contributed by atoms with Crippen LogP contribution in [0.5, 0.6) is 0 Å². The summed E-state index contributed by atoms with van der Waals surface area (Å²) in [4.78, 5) is 9.15. The maximum absolute atomic E-state index is 6.13. The van der Waals surface area contributed by atoms with Gasteiger partial charge in [0.25, 0.3) is 0 Å². The molecule has 0 saturated carbocycles. The van der Waals surface area contributed by atoms with Crippen LogP contribution in [0.1, 0.15) is 13.8 Å². The number of nitrogens with two attached hydrogens (primary N) is 1. The van der Waals surface area contributed by atoms with E-state index in [-0.39, 0.29) is 0 Å². The van der Waals surface area contributed by atoms with E-state index in [9.17, 15) is 0 Å². The molecular formula is C19H19N4O+. The summed E-state index contributed by atoms with van der Waals surface area (Å²) in [7, 11) is 0. The zero-order valence-corrected chi connectivity index (χ0v) is 13.8. The highest BCUT2D eigenvalue weighted by Crippen LogP contribution is 2.31. The molecule has 24 heavy (non-hydrogen) atoms. The molecule has 0 spiro atoms. The van der Waals surface area contributed by atoms with Crippen LogP contribution in [0.25, 0.3) is 33.5 Å². The van der Waals surface area contributed by atoms with Gasteiger partial charge in [-0.3, -0.25) is 4.98 Å². The van der Waals surface area contributed by atoms with Crippen molar-refractivity contribution in [2.75, 3.05) is 18.8 Å². The van der Waals surface area contributed by atoms with Crippen LogP contribution < -0.4 is 15.7 Å². The summed E-state index contributed by atoms with van der Waals surface area (Å²) in [5.41, 5.74) is 9.78. The molecule has 120 valence electrons. The highest BCUT2D eigenvalue weighted by molar-refractivity contribution is 6.07. The van der Waals surface area contributed by atoms with Crippen molar-refractivity contribution in [3.63, 3.8) is 0 Å². The molecule has 0 radical (unpaired) electrons. The Kier molecular flexibility index (Phi) is 3.41. The van der Waals surface area contributed by atoms with Crippen LogP contribution in [0.15, 0.2) is 47.0 Å². The van der Waals surface area contributed by atoms with E-state index in [2.05, 4.69) is 29.5 Å². The lowest BCUT2D eigenvalue weighted by Gasteiger charge is -2.09. The Morgan fingerprint density at radius 3 is 2.71 bits per heavy atom. The van der Waals surface area contributed by atoms with Gasteiger partial charge in [0.05, 0.1) is 17.3 Å². The van der Waals surface area contributed by atoms with Crippen LogP contribution in [0, 0.1) is 0 Å². The van der Waals surface area contributed by atoms with Gasteiger partial charge < -0.3 is 10.2 Å². The third kappa shape index (κ3) is 2.21. The second kappa shape index (κ2) is 5.60. The van der Waals surface area contributed by atoms with Gasteiger partial charge >= 0.3 is 0 Å². The highest BCUT2D eigenvalue weighted by Gasteiger charge is 2.14. The fraction of sp³-hybridized carbons (Fsp3) is 0.211. The molecule has 4 rings (SSSR count). The Morgan fingerprint density at radius 2 is 1.92 bits per heavy atom. The Balaban J connectivity index is 2.10. The molecule has 0 saturated heterocycles. The van der Waals surface area contributed by atoms with Gasteiger partial charge in [-0.05, 0) is 32.0 Å². The Hall–Kier alpha value is -2.95. The van der Waals surface area contributed by atoms with E-state index in [1.54, 1.807) is 12.3 Å². The van der Waals surface area contributed by atoms with Gasteiger partial charge in [-0.1, -0.05) is 0 Å². The number of rotatable bonds is 2. The fourth-order valence-electron chi connectivity index (χ4n) is 3.13. The van der Waals surface area contributed by atoms with Crippen molar-refractivity contribution in [2.24, 2.45) is 0 Å². The maximum Gasteiger partial charge on any atom is 0.203 e. The van der Waals surface area contributed by atoms with Crippen molar-refractivity contribution < 1.29 is 4.42 Å². The molecule has 0 atom stereocenters. The van der Waals surface area contributed by atoms with Gasteiger partial charge in [0.15, 0.2) is 11.3 Å². The van der Waals surface area contributed by atoms with E-state index < -0.39 is 0 Å². The Labute approximate surface area is 139 Å². The van der Waals surface area contributed by atoms with Crippen LogP contribution in [-0.2, 0) is 0 Å². The molecule has 1 aliphatic carbocycles. The van der Waals surface area contributed by atoms with Crippen LogP contribution in [0.2, 0.25) is 0 Å². The molecule has 0 unspecified atom stereocenters. The van der Waals surface area contributed by atoms with Crippen molar-refractivity contribution in [1.29, 1.82) is 0 Å². The zero-order chi connectivity index (χ0) is 16.7. The molecule has 5 heteroatoms. The second-order valence-corrected chi connectivity index (χ2v) is 5.75. The summed E-state index contributed by atoms with van der Waals surface area (Å²) in [5, 5.41) is 2.04. The first-order chi connectivity index (χ1) is 11.7. The summed E-state index contributed by atoms with van der Waals surface area (Å²) in [5.74, 6) is 0.759. The SMILES string of the molecule is CC[N+](CC)=c1ccc2nc3c(cc(N)c4ncccc43)oc-2c1. The van der Waals surface area contributed by atoms with Crippen LogP contribution in [0.4, 0.5) is 5.69 Å². The number of hydrogen-bond acceptors (Lipinski definition) is 4. The number of aromatic nitrogens is 2. The number of fused-ring (bicyclic) bond motifs is 4. The minimum atomic E-state index is 0.600. The van der Waals surface area contributed by atoms with E-state index >= 15 is 0 Å². The normalized spacial score (nSPS) is 11.4. The van der Waals surface area contributed by atoms with Gasteiger partial charge in [0.1, 0.15) is 24.3 Å². The van der Waals surface area contributed by atoms with Crippen molar-refractivity contribution in [2.45, 2.75) is 13.8 Å². The first kappa shape index (κ1) is 14.6. The van der Waals surface area contributed by atoms with E-state index in [1.165, 1.54) is 0 Å². The lowest BCUT2D eigenvalue weighted by Crippen LogP contribution is -2.29. The fourth-order valence-corrected chi connectivity index (χ4v) is 3.13. The van der Waals surface area contributed by atoms with Crippen molar-refractivity contribution >= 4 is 27.7 Å². The quantitative estimate of drug-likeness (QED) is 0.267. The Bertz CT molecular complexity index is 1090. The molecule has 0 fully saturated rings. The summed E-state index contributed by atoms with van der Waals surface area (Å²) >= 11 is 0. The number of nitrogens with zero attached hydrogens (tertiary/aromatic N) is 3. The molecule has 2 heterocycles. The van der Waals surface area contributed by atoms with Crippen LogP contribution >= 0.6 is 0 Å². The van der Waals surface area contributed by atoms with Gasteiger partial charge in [-0.2, -0.15) is 0 Å². The summed E-state index contributed by atoms with van der Waals surface area (Å²) < 4.78 is 8.39. The minimum absolute atomic E-state index is 0.600. The molecule has 2 aromatic rings. The van der Waals surface area contributed by atoms with E-state index in [0.29, 0.717) is 11.3 Å².